The zero-order chi connectivity index (χ0) is 16.5. The molecule has 2 N–H and O–H groups in total. The Morgan fingerprint density at radius 3 is 2.52 bits per heavy atom. The summed E-state index contributed by atoms with van der Waals surface area (Å²) < 4.78 is 5.67. The van der Waals surface area contributed by atoms with E-state index in [-0.39, 0.29) is 5.92 Å². The fourth-order valence-electron chi connectivity index (χ4n) is 3.05. The Kier molecular flexibility index (Phi) is 7.40. The highest BCUT2D eigenvalue weighted by molar-refractivity contribution is 5.70. The quantitative estimate of drug-likeness (QED) is 0.682. The fraction of sp³-hybridized carbons (Fsp3) is 0.632. The highest BCUT2D eigenvalue weighted by Gasteiger charge is 2.25. The molecule has 4 nitrogen and oxygen atoms in total. The van der Waals surface area contributed by atoms with Crippen LogP contribution >= 0.6 is 0 Å². The molecule has 0 radical (unpaired) electrons. The van der Waals surface area contributed by atoms with Crippen LogP contribution in [0.5, 0.6) is 5.75 Å². The van der Waals surface area contributed by atoms with Gasteiger partial charge in [0.2, 0.25) is 0 Å². The van der Waals surface area contributed by atoms with Crippen molar-refractivity contribution >= 4 is 5.97 Å². The molecule has 0 bridgehead atoms. The van der Waals surface area contributed by atoms with Crippen molar-refractivity contribution in [2.24, 2.45) is 5.92 Å². The maximum atomic E-state index is 10.9. The Morgan fingerprint density at radius 2 is 1.91 bits per heavy atom. The van der Waals surface area contributed by atoms with Crippen LogP contribution in [0.3, 0.4) is 0 Å². The van der Waals surface area contributed by atoms with Crippen molar-refractivity contribution in [2.45, 2.75) is 57.9 Å². The predicted molar refractivity (Wildman–Crippen MR) is 91.9 cm³/mol. The van der Waals surface area contributed by atoms with E-state index < -0.39 is 5.97 Å². The number of carboxylic acids is 1. The van der Waals surface area contributed by atoms with Gasteiger partial charge in [-0.05, 0) is 62.8 Å². The minimum atomic E-state index is -0.635. The van der Waals surface area contributed by atoms with Crippen molar-refractivity contribution in [2.75, 3.05) is 13.2 Å². The standard InChI is InChI=1S/C19H29NO3/c1-2-3-14-23-18-10-4-15(5-11-18)12-13-20-17-8-6-16(7-9-17)19(21)22/h4-5,10-11,16-17,20H,2-3,6-9,12-14H2,1H3,(H,21,22). The average Bonchev–Trinajstić information content (AvgIpc) is 2.57. The number of hydrogen-bond donors (Lipinski definition) is 2. The summed E-state index contributed by atoms with van der Waals surface area (Å²) in [6.45, 7) is 3.89. The molecule has 0 saturated heterocycles. The van der Waals surface area contributed by atoms with E-state index in [2.05, 4.69) is 24.4 Å². The summed E-state index contributed by atoms with van der Waals surface area (Å²) in [4.78, 5) is 10.9. The number of rotatable bonds is 9. The third kappa shape index (κ3) is 6.22. The molecule has 1 aromatic rings. The molecule has 0 heterocycles. The second-order valence-corrected chi connectivity index (χ2v) is 6.44. The van der Waals surface area contributed by atoms with Crippen molar-refractivity contribution in [1.82, 2.24) is 5.32 Å². The molecule has 0 spiro atoms. The normalized spacial score (nSPS) is 21.1. The summed E-state index contributed by atoms with van der Waals surface area (Å²) in [7, 11) is 0. The van der Waals surface area contributed by atoms with E-state index in [1.54, 1.807) is 0 Å². The van der Waals surface area contributed by atoms with E-state index in [0.717, 1.165) is 63.8 Å². The summed E-state index contributed by atoms with van der Waals surface area (Å²) in [5, 5.41) is 12.6. The minimum Gasteiger partial charge on any atom is -0.494 e. The smallest absolute Gasteiger partial charge is 0.306 e. The van der Waals surface area contributed by atoms with Gasteiger partial charge in [-0.2, -0.15) is 0 Å². The van der Waals surface area contributed by atoms with Gasteiger partial charge in [0.15, 0.2) is 0 Å². The SMILES string of the molecule is CCCCOc1ccc(CCNC2CCC(C(=O)O)CC2)cc1. The summed E-state index contributed by atoms with van der Waals surface area (Å²) >= 11 is 0. The molecule has 128 valence electrons. The van der Waals surface area contributed by atoms with Gasteiger partial charge in [-0.15, -0.1) is 0 Å². The number of benzene rings is 1. The zero-order valence-electron chi connectivity index (χ0n) is 14.1. The Hall–Kier alpha value is -1.55. The molecule has 1 aliphatic carbocycles. The minimum absolute atomic E-state index is 0.131. The molecular formula is C19H29NO3. The predicted octanol–water partition coefficient (Wildman–Crippen LogP) is 3.64. The number of ether oxygens (including phenoxy) is 1. The van der Waals surface area contributed by atoms with Gasteiger partial charge in [0.25, 0.3) is 0 Å². The number of carboxylic acid groups (broad SMARTS) is 1. The van der Waals surface area contributed by atoms with Gasteiger partial charge in [0, 0.05) is 6.04 Å². The van der Waals surface area contributed by atoms with E-state index in [0.29, 0.717) is 6.04 Å². The lowest BCUT2D eigenvalue weighted by atomic mass is 9.86. The van der Waals surface area contributed by atoms with Crippen LogP contribution in [0.15, 0.2) is 24.3 Å². The molecule has 0 aromatic heterocycles. The van der Waals surface area contributed by atoms with Gasteiger partial charge in [-0.3, -0.25) is 4.79 Å². The van der Waals surface area contributed by atoms with E-state index in [1.165, 1.54) is 5.56 Å². The number of unbranched alkanes of at least 4 members (excludes halogenated alkanes) is 1. The first-order chi connectivity index (χ1) is 11.2. The van der Waals surface area contributed by atoms with E-state index >= 15 is 0 Å². The van der Waals surface area contributed by atoms with Gasteiger partial charge in [-0.1, -0.05) is 25.5 Å². The van der Waals surface area contributed by atoms with Crippen molar-refractivity contribution in [1.29, 1.82) is 0 Å². The molecule has 0 unspecified atom stereocenters. The highest BCUT2D eigenvalue weighted by atomic mass is 16.5. The molecule has 1 aliphatic rings. The second-order valence-electron chi connectivity index (χ2n) is 6.44. The van der Waals surface area contributed by atoms with Crippen LogP contribution in [-0.4, -0.2) is 30.3 Å². The van der Waals surface area contributed by atoms with Crippen LogP contribution in [0.4, 0.5) is 0 Å². The first-order valence-electron chi connectivity index (χ1n) is 8.87. The Bertz CT molecular complexity index is 464. The molecular weight excluding hydrogens is 290 g/mol. The summed E-state index contributed by atoms with van der Waals surface area (Å²) in [5.41, 5.74) is 1.31. The fourth-order valence-corrected chi connectivity index (χ4v) is 3.05. The molecule has 0 aliphatic heterocycles. The number of aliphatic carboxylic acids is 1. The number of hydrogen-bond acceptors (Lipinski definition) is 3. The van der Waals surface area contributed by atoms with E-state index in [9.17, 15) is 4.79 Å². The molecule has 2 rings (SSSR count). The van der Waals surface area contributed by atoms with Crippen LogP contribution in [0, 0.1) is 5.92 Å². The second kappa shape index (κ2) is 9.56. The Morgan fingerprint density at radius 1 is 1.22 bits per heavy atom. The van der Waals surface area contributed by atoms with E-state index in [4.69, 9.17) is 9.84 Å². The van der Waals surface area contributed by atoms with Crippen LogP contribution < -0.4 is 10.1 Å². The van der Waals surface area contributed by atoms with Gasteiger partial charge in [0.1, 0.15) is 5.75 Å². The summed E-state index contributed by atoms with van der Waals surface area (Å²) in [5.74, 6) is 0.181. The number of carbonyl (C=O) groups is 1. The largest absolute Gasteiger partial charge is 0.494 e. The topological polar surface area (TPSA) is 58.6 Å². The van der Waals surface area contributed by atoms with Gasteiger partial charge in [0.05, 0.1) is 12.5 Å². The summed E-state index contributed by atoms with van der Waals surface area (Å²) in [6, 6.07) is 8.82. The Labute approximate surface area is 139 Å². The first-order valence-corrected chi connectivity index (χ1v) is 8.87. The highest BCUT2D eigenvalue weighted by Crippen LogP contribution is 2.24. The first kappa shape index (κ1) is 17.8. The third-order valence-corrected chi connectivity index (χ3v) is 4.61. The number of nitrogens with one attached hydrogen (secondary N) is 1. The van der Waals surface area contributed by atoms with Gasteiger partial charge in [-0.25, -0.2) is 0 Å². The zero-order valence-corrected chi connectivity index (χ0v) is 14.1. The lowest BCUT2D eigenvalue weighted by Crippen LogP contribution is -2.36. The van der Waals surface area contributed by atoms with Crippen LogP contribution in [-0.2, 0) is 11.2 Å². The van der Waals surface area contributed by atoms with Gasteiger partial charge >= 0.3 is 5.97 Å². The molecule has 1 saturated carbocycles. The third-order valence-electron chi connectivity index (χ3n) is 4.61. The molecule has 1 aromatic carbocycles. The average molecular weight is 319 g/mol. The molecule has 23 heavy (non-hydrogen) atoms. The maximum Gasteiger partial charge on any atom is 0.306 e. The summed E-state index contributed by atoms with van der Waals surface area (Å²) in [6.07, 6.45) is 6.79. The lowest BCUT2D eigenvalue weighted by Gasteiger charge is -2.27. The maximum absolute atomic E-state index is 10.9. The monoisotopic (exact) mass is 319 g/mol. The van der Waals surface area contributed by atoms with Crippen molar-refractivity contribution in [3.05, 3.63) is 29.8 Å². The van der Waals surface area contributed by atoms with Crippen LogP contribution in [0.1, 0.15) is 51.0 Å². The van der Waals surface area contributed by atoms with Crippen LogP contribution in [0.25, 0.3) is 0 Å². The van der Waals surface area contributed by atoms with Crippen molar-refractivity contribution in [3.63, 3.8) is 0 Å². The molecule has 4 heteroatoms. The molecule has 0 amide bonds. The van der Waals surface area contributed by atoms with Gasteiger partial charge < -0.3 is 15.2 Å². The van der Waals surface area contributed by atoms with Crippen LogP contribution in [0.2, 0.25) is 0 Å². The lowest BCUT2D eigenvalue weighted by molar-refractivity contribution is -0.142. The van der Waals surface area contributed by atoms with Crippen molar-refractivity contribution in [3.8, 4) is 5.75 Å². The Balaban J connectivity index is 1.63. The molecule has 0 atom stereocenters. The molecule has 1 fully saturated rings. The van der Waals surface area contributed by atoms with E-state index in [1.807, 2.05) is 12.1 Å². The van der Waals surface area contributed by atoms with Crippen molar-refractivity contribution < 1.29 is 14.6 Å².